The number of nitrogen functional groups attached to an aromatic ring is 1. The van der Waals surface area contributed by atoms with Gasteiger partial charge in [0.05, 0.1) is 6.10 Å². The lowest BCUT2D eigenvalue weighted by Gasteiger charge is -2.35. The average Bonchev–Trinajstić information content (AvgIpc) is 3.23. The van der Waals surface area contributed by atoms with E-state index in [-0.39, 0.29) is 12.6 Å². The molecule has 0 saturated carbocycles. The van der Waals surface area contributed by atoms with Gasteiger partial charge < -0.3 is 20.8 Å². The Morgan fingerprint density at radius 1 is 1.24 bits per heavy atom. The van der Waals surface area contributed by atoms with E-state index in [9.17, 15) is 5.11 Å². The van der Waals surface area contributed by atoms with Crippen LogP contribution in [0, 0.1) is 5.92 Å². The summed E-state index contributed by atoms with van der Waals surface area (Å²) in [6.45, 7) is 1.48. The SMILES string of the molecule is Nc1nc(N2CCC(C(O)CCc3ccccc3)CC2)cc2nncn12.O=CO. The molecule has 2 aromatic heterocycles. The van der Waals surface area contributed by atoms with Gasteiger partial charge in [0, 0.05) is 19.2 Å². The number of benzene rings is 1. The van der Waals surface area contributed by atoms with E-state index in [0.717, 1.165) is 44.6 Å². The Balaban J connectivity index is 0.000000755. The van der Waals surface area contributed by atoms with Crippen LogP contribution in [0.2, 0.25) is 0 Å². The van der Waals surface area contributed by atoms with E-state index in [2.05, 4.69) is 32.2 Å². The Hall–Kier alpha value is -3.20. The van der Waals surface area contributed by atoms with Crippen LogP contribution in [0.3, 0.4) is 0 Å². The molecule has 0 amide bonds. The van der Waals surface area contributed by atoms with Crippen LogP contribution in [0.1, 0.15) is 24.8 Å². The molecule has 154 valence electrons. The van der Waals surface area contributed by atoms with Crippen molar-refractivity contribution in [2.75, 3.05) is 23.7 Å². The Labute approximate surface area is 168 Å². The van der Waals surface area contributed by atoms with Crippen LogP contribution in [0.15, 0.2) is 42.7 Å². The molecule has 1 aliphatic rings. The first kappa shape index (κ1) is 20.5. The molecule has 3 aromatic rings. The normalized spacial score (nSPS) is 15.6. The van der Waals surface area contributed by atoms with Crippen LogP contribution in [-0.4, -0.2) is 55.5 Å². The molecule has 1 fully saturated rings. The summed E-state index contributed by atoms with van der Waals surface area (Å²) in [5, 5.41) is 25.4. The third-order valence-electron chi connectivity index (χ3n) is 5.29. The van der Waals surface area contributed by atoms with Crippen LogP contribution < -0.4 is 10.6 Å². The average molecular weight is 398 g/mol. The molecule has 1 saturated heterocycles. The number of hydrogen-bond donors (Lipinski definition) is 3. The van der Waals surface area contributed by atoms with E-state index in [1.165, 1.54) is 5.56 Å². The molecule has 3 heterocycles. The molecule has 9 heteroatoms. The first-order chi connectivity index (χ1) is 14.1. The number of nitrogens with two attached hydrogens (primary N) is 1. The highest BCUT2D eigenvalue weighted by Gasteiger charge is 2.26. The highest BCUT2D eigenvalue weighted by Crippen LogP contribution is 2.27. The van der Waals surface area contributed by atoms with Crippen molar-refractivity contribution in [2.24, 2.45) is 5.92 Å². The number of aromatic nitrogens is 4. The fourth-order valence-corrected chi connectivity index (χ4v) is 3.71. The van der Waals surface area contributed by atoms with Gasteiger partial charge in [-0.2, -0.15) is 4.98 Å². The quantitative estimate of drug-likeness (QED) is 0.553. The maximum atomic E-state index is 10.6. The van der Waals surface area contributed by atoms with E-state index in [4.69, 9.17) is 15.6 Å². The van der Waals surface area contributed by atoms with Gasteiger partial charge in [0.25, 0.3) is 6.47 Å². The molecule has 0 aliphatic carbocycles. The van der Waals surface area contributed by atoms with Crippen LogP contribution in [-0.2, 0) is 11.2 Å². The number of aliphatic hydroxyl groups is 1. The molecular weight excluding hydrogens is 372 g/mol. The second kappa shape index (κ2) is 9.83. The van der Waals surface area contributed by atoms with Crippen molar-refractivity contribution in [2.45, 2.75) is 31.8 Å². The molecule has 4 N–H and O–H groups in total. The number of carboxylic acid groups (broad SMARTS) is 1. The lowest BCUT2D eigenvalue weighted by atomic mass is 9.88. The minimum Gasteiger partial charge on any atom is -0.483 e. The van der Waals surface area contributed by atoms with Crippen LogP contribution in [0.4, 0.5) is 11.8 Å². The minimum absolute atomic E-state index is 0.250. The second-order valence-electron chi connectivity index (χ2n) is 7.05. The number of nitrogens with zero attached hydrogens (tertiary/aromatic N) is 5. The highest BCUT2D eigenvalue weighted by molar-refractivity contribution is 5.55. The van der Waals surface area contributed by atoms with Crippen LogP contribution >= 0.6 is 0 Å². The zero-order valence-corrected chi connectivity index (χ0v) is 16.1. The van der Waals surface area contributed by atoms with Gasteiger partial charge >= 0.3 is 0 Å². The zero-order valence-electron chi connectivity index (χ0n) is 16.1. The van der Waals surface area contributed by atoms with E-state index in [0.29, 0.717) is 17.5 Å². The van der Waals surface area contributed by atoms with E-state index >= 15 is 0 Å². The van der Waals surface area contributed by atoms with Crippen molar-refractivity contribution in [3.05, 3.63) is 48.3 Å². The third kappa shape index (κ3) is 5.20. The van der Waals surface area contributed by atoms with Gasteiger partial charge in [-0.05, 0) is 37.2 Å². The zero-order chi connectivity index (χ0) is 20.6. The minimum atomic E-state index is -0.255. The standard InChI is InChI=1S/C19H24N6O.CH2O2/c20-19-22-17(12-18-23-21-13-25(18)19)24-10-8-15(9-11-24)16(26)7-6-14-4-2-1-3-5-14;2-1-3/h1-5,12-13,15-16,26H,6-11H2,(H2,20,22);1H,(H,2,3). The Bertz CT molecular complexity index is 909. The van der Waals surface area contributed by atoms with Gasteiger partial charge in [-0.1, -0.05) is 30.3 Å². The number of anilines is 2. The molecular formula is C20H26N6O3. The summed E-state index contributed by atoms with van der Waals surface area (Å²) in [6.07, 6.45) is 4.95. The predicted molar refractivity (Wildman–Crippen MR) is 110 cm³/mol. The number of hydrogen-bond acceptors (Lipinski definition) is 7. The number of fused-ring (bicyclic) bond motifs is 1. The predicted octanol–water partition coefficient (Wildman–Crippen LogP) is 1.62. The summed E-state index contributed by atoms with van der Waals surface area (Å²) in [4.78, 5) is 15.0. The largest absolute Gasteiger partial charge is 0.483 e. The smallest absolute Gasteiger partial charge is 0.290 e. The number of aliphatic hydroxyl groups excluding tert-OH is 1. The third-order valence-corrected chi connectivity index (χ3v) is 5.29. The molecule has 1 aliphatic heterocycles. The first-order valence-electron chi connectivity index (χ1n) is 9.63. The number of rotatable bonds is 5. The summed E-state index contributed by atoms with van der Waals surface area (Å²) in [6, 6.07) is 12.3. The number of carbonyl (C=O) groups is 1. The molecule has 1 atom stereocenters. The summed E-state index contributed by atoms with van der Waals surface area (Å²) in [5.74, 6) is 1.57. The lowest BCUT2D eigenvalue weighted by molar-refractivity contribution is -0.122. The van der Waals surface area contributed by atoms with Crippen LogP contribution in [0.5, 0.6) is 0 Å². The summed E-state index contributed by atoms with van der Waals surface area (Å²) < 4.78 is 1.67. The summed E-state index contributed by atoms with van der Waals surface area (Å²) in [7, 11) is 0. The van der Waals surface area contributed by atoms with Crippen molar-refractivity contribution in [1.29, 1.82) is 0 Å². The van der Waals surface area contributed by atoms with Gasteiger partial charge in [0.1, 0.15) is 12.1 Å². The Morgan fingerprint density at radius 3 is 2.62 bits per heavy atom. The van der Waals surface area contributed by atoms with Crippen molar-refractivity contribution < 1.29 is 15.0 Å². The van der Waals surface area contributed by atoms with Crippen molar-refractivity contribution in [1.82, 2.24) is 19.6 Å². The summed E-state index contributed by atoms with van der Waals surface area (Å²) in [5.41, 5.74) is 7.97. The van der Waals surface area contributed by atoms with Crippen molar-refractivity contribution in [3.63, 3.8) is 0 Å². The Kier molecular flexibility index (Phi) is 6.96. The van der Waals surface area contributed by atoms with E-state index in [1.807, 2.05) is 24.3 Å². The fourth-order valence-electron chi connectivity index (χ4n) is 3.71. The topological polar surface area (TPSA) is 130 Å². The lowest BCUT2D eigenvalue weighted by Crippen LogP contribution is -2.38. The van der Waals surface area contributed by atoms with Gasteiger partial charge in [-0.3, -0.25) is 9.20 Å². The van der Waals surface area contributed by atoms with Gasteiger partial charge in [0.15, 0.2) is 5.65 Å². The fraction of sp³-hybridized carbons (Fsp3) is 0.400. The maximum Gasteiger partial charge on any atom is 0.290 e. The molecule has 0 bridgehead atoms. The molecule has 1 unspecified atom stereocenters. The monoisotopic (exact) mass is 398 g/mol. The molecule has 1 aromatic carbocycles. The van der Waals surface area contributed by atoms with Crippen molar-refractivity contribution in [3.8, 4) is 0 Å². The summed E-state index contributed by atoms with van der Waals surface area (Å²) >= 11 is 0. The molecule has 9 nitrogen and oxygen atoms in total. The van der Waals surface area contributed by atoms with Crippen molar-refractivity contribution >= 4 is 23.9 Å². The van der Waals surface area contributed by atoms with E-state index in [1.54, 1.807) is 10.7 Å². The van der Waals surface area contributed by atoms with Gasteiger partial charge in [-0.25, -0.2) is 0 Å². The molecule has 0 spiro atoms. The molecule has 29 heavy (non-hydrogen) atoms. The molecule has 4 rings (SSSR count). The van der Waals surface area contributed by atoms with Crippen LogP contribution in [0.25, 0.3) is 5.65 Å². The van der Waals surface area contributed by atoms with Gasteiger partial charge in [-0.15, -0.1) is 10.2 Å². The van der Waals surface area contributed by atoms with E-state index < -0.39 is 0 Å². The second-order valence-corrected chi connectivity index (χ2v) is 7.05. The maximum absolute atomic E-state index is 10.6. The molecule has 0 radical (unpaired) electrons. The number of piperidine rings is 1. The highest BCUT2D eigenvalue weighted by atomic mass is 16.3. The van der Waals surface area contributed by atoms with Gasteiger partial charge in [0.2, 0.25) is 5.95 Å². The Morgan fingerprint density at radius 2 is 1.93 bits per heavy atom. The number of aryl methyl sites for hydroxylation is 1. The first-order valence-corrected chi connectivity index (χ1v) is 9.63.